The first-order chi connectivity index (χ1) is 14.4. The van der Waals surface area contributed by atoms with Gasteiger partial charge in [0.25, 0.3) is 5.56 Å². The highest BCUT2D eigenvalue weighted by Gasteiger charge is 2.32. The second-order valence-corrected chi connectivity index (χ2v) is 7.31. The molecule has 1 amide bonds. The van der Waals surface area contributed by atoms with Crippen LogP contribution in [0.25, 0.3) is 10.9 Å². The highest BCUT2D eigenvalue weighted by atomic mass is 19.2. The van der Waals surface area contributed by atoms with Crippen molar-refractivity contribution in [2.24, 2.45) is 0 Å². The van der Waals surface area contributed by atoms with Gasteiger partial charge in [0, 0.05) is 23.3 Å². The molecule has 2 N–H and O–H groups in total. The number of aromatic nitrogens is 3. The molecule has 1 atom stereocenters. The predicted octanol–water partition coefficient (Wildman–Crippen LogP) is 2.77. The molecule has 0 radical (unpaired) electrons. The fourth-order valence-electron chi connectivity index (χ4n) is 3.52. The van der Waals surface area contributed by atoms with Crippen LogP contribution in [0.2, 0.25) is 0 Å². The van der Waals surface area contributed by atoms with E-state index in [0.717, 1.165) is 18.9 Å². The summed E-state index contributed by atoms with van der Waals surface area (Å²) in [5.74, 6) is -2.26. The number of fused-ring (bicyclic) bond motifs is 1. The highest BCUT2D eigenvalue weighted by molar-refractivity contribution is 5.87. The van der Waals surface area contributed by atoms with E-state index in [1.807, 2.05) is 6.07 Å². The van der Waals surface area contributed by atoms with Gasteiger partial charge in [-0.05, 0) is 43.4 Å². The van der Waals surface area contributed by atoms with Crippen molar-refractivity contribution < 1.29 is 13.6 Å². The van der Waals surface area contributed by atoms with E-state index in [0.29, 0.717) is 17.0 Å². The quantitative estimate of drug-likeness (QED) is 0.673. The Balaban J connectivity index is 1.64. The van der Waals surface area contributed by atoms with Crippen LogP contribution in [-0.2, 0) is 11.2 Å². The molecular formula is C21H17F2N5O2. The average molecular weight is 409 g/mol. The van der Waals surface area contributed by atoms with Crippen LogP contribution in [0.3, 0.4) is 0 Å². The number of halogens is 2. The fourth-order valence-corrected chi connectivity index (χ4v) is 3.52. The number of hydrogen-bond donors (Lipinski definition) is 2. The third-order valence-electron chi connectivity index (χ3n) is 5.10. The zero-order valence-electron chi connectivity index (χ0n) is 16.0. The number of benzene rings is 1. The molecule has 1 saturated carbocycles. The Hall–Kier alpha value is -3.67. The van der Waals surface area contributed by atoms with Gasteiger partial charge in [0.15, 0.2) is 11.6 Å². The maximum Gasteiger partial charge on any atom is 0.252 e. The first-order valence-corrected chi connectivity index (χ1v) is 9.43. The van der Waals surface area contributed by atoms with Crippen molar-refractivity contribution in [3.05, 3.63) is 69.0 Å². The SMILES string of the molecule is C[C@@H](NC(=O)Cc1c(C2CC2)c2c(F)c(F)ccc2[nH]c1=O)c1ncc(C#N)cn1. The molecule has 2 aromatic heterocycles. The molecule has 0 spiro atoms. The first-order valence-electron chi connectivity index (χ1n) is 9.43. The molecule has 0 bridgehead atoms. The van der Waals surface area contributed by atoms with E-state index in [9.17, 15) is 18.4 Å². The molecule has 2 heterocycles. The van der Waals surface area contributed by atoms with Crippen LogP contribution in [0, 0.1) is 23.0 Å². The van der Waals surface area contributed by atoms with Gasteiger partial charge in [0.2, 0.25) is 5.91 Å². The third kappa shape index (κ3) is 3.64. The van der Waals surface area contributed by atoms with Crippen molar-refractivity contribution >= 4 is 16.8 Å². The molecule has 1 aromatic carbocycles. The van der Waals surface area contributed by atoms with Crippen molar-refractivity contribution in [3.8, 4) is 6.07 Å². The highest BCUT2D eigenvalue weighted by Crippen LogP contribution is 2.44. The molecule has 30 heavy (non-hydrogen) atoms. The Kier molecular flexibility index (Phi) is 4.99. The molecule has 7 nitrogen and oxygen atoms in total. The molecule has 152 valence electrons. The molecule has 3 aromatic rings. The van der Waals surface area contributed by atoms with Crippen LogP contribution in [-0.4, -0.2) is 20.9 Å². The predicted molar refractivity (Wildman–Crippen MR) is 103 cm³/mol. The maximum absolute atomic E-state index is 14.6. The van der Waals surface area contributed by atoms with E-state index < -0.39 is 29.1 Å². The van der Waals surface area contributed by atoms with Crippen LogP contribution in [0.4, 0.5) is 8.78 Å². The molecule has 0 unspecified atom stereocenters. The smallest absolute Gasteiger partial charge is 0.252 e. The summed E-state index contributed by atoms with van der Waals surface area (Å²) >= 11 is 0. The lowest BCUT2D eigenvalue weighted by atomic mass is 9.96. The van der Waals surface area contributed by atoms with Crippen molar-refractivity contribution in [1.82, 2.24) is 20.3 Å². The molecular weight excluding hydrogens is 392 g/mol. The number of rotatable bonds is 5. The number of carbonyl (C=O) groups excluding carboxylic acids is 1. The maximum atomic E-state index is 14.6. The van der Waals surface area contributed by atoms with Crippen LogP contribution in [0.15, 0.2) is 29.3 Å². The fraction of sp³-hybridized carbons (Fsp3) is 0.286. The van der Waals surface area contributed by atoms with Gasteiger partial charge in [-0.3, -0.25) is 9.59 Å². The number of nitrogens with one attached hydrogen (secondary N) is 2. The molecule has 1 aliphatic carbocycles. The molecule has 1 aliphatic rings. The van der Waals surface area contributed by atoms with Gasteiger partial charge in [-0.25, -0.2) is 18.7 Å². The lowest BCUT2D eigenvalue weighted by Gasteiger charge is -2.15. The van der Waals surface area contributed by atoms with Gasteiger partial charge in [0.05, 0.1) is 23.5 Å². The van der Waals surface area contributed by atoms with Crippen LogP contribution < -0.4 is 10.9 Å². The second-order valence-electron chi connectivity index (χ2n) is 7.31. The van der Waals surface area contributed by atoms with Gasteiger partial charge in [-0.2, -0.15) is 5.26 Å². The van der Waals surface area contributed by atoms with Crippen molar-refractivity contribution in [3.63, 3.8) is 0 Å². The summed E-state index contributed by atoms with van der Waals surface area (Å²) in [7, 11) is 0. The topological polar surface area (TPSA) is 112 Å². The number of amides is 1. The van der Waals surface area contributed by atoms with Gasteiger partial charge in [-0.1, -0.05) is 0 Å². The Morgan fingerprint density at radius 2 is 2.03 bits per heavy atom. The Morgan fingerprint density at radius 1 is 1.33 bits per heavy atom. The number of pyridine rings is 1. The standard InChI is InChI=1S/C21H17F2N5O2/c1-10(20-25-8-11(7-24)9-26-20)27-16(29)6-13-17(12-2-3-12)18-15(28-21(13)30)5-4-14(22)19(18)23/h4-5,8-10,12H,2-3,6H2,1H3,(H,27,29)(H,28,30)/t10-/m1/s1. The first kappa shape index (κ1) is 19.6. The second kappa shape index (κ2) is 7.63. The Morgan fingerprint density at radius 3 is 2.67 bits per heavy atom. The molecule has 9 heteroatoms. The zero-order chi connectivity index (χ0) is 21.4. The summed E-state index contributed by atoms with van der Waals surface area (Å²) in [4.78, 5) is 35.9. The van der Waals surface area contributed by atoms with Gasteiger partial charge >= 0.3 is 0 Å². The minimum Gasteiger partial charge on any atom is -0.346 e. The summed E-state index contributed by atoms with van der Waals surface area (Å²) in [5.41, 5.74) is 0.559. The Bertz CT molecular complexity index is 1240. The average Bonchev–Trinajstić information content (AvgIpc) is 3.57. The number of aromatic amines is 1. The molecule has 1 fully saturated rings. The normalized spacial score (nSPS) is 14.3. The van der Waals surface area contributed by atoms with Gasteiger partial charge in [0.1, 0.15) is 11.9 Å². The number of carbonyl (C=O) groups is 1. The number of nitrogens with zero attached hydrogens (tertiary/aromatic N) is 3. The van der Waals surface area contributed by atoms with Crippen molar-refractivity contribution in [2.75, 3.05) is 0 Å². The lowest BCUT2D eigenvalue weighted by Crippen LogP contribution is -2.31. The summed E-state index contributed by atoms with van der Waals surface area (Å²) in [6, 6.07) is 3.64. The minimum atomic E-state index is -1.02. The summed E-state index contributed by atoms with van der Waals surface area (Å²) in [6.07, 6.45) is 3.91. The van der Waals surface area contributed by atoms with E-state index in [1.54, 1.807) is 6.92 Å². The van der Waals surface area contributed by atoms with E-state index in [2.05, 4.69) is 20.3 Å². The number of hydrogen-bond acceptors (Lipinski definition) is 5. The van der Waals surface area contributed by atoms with Crippen molar-refractivity contribution in [2.45, 2.75) is 38.1 Å². The summed E-state index contributed by atoms with van der Waals surface area (Å²) < 4.78 is 28.4. The zero-order valence-corrected chi connectivity index (χ0v) is 16.0. The van der Waals surface area contributed by atoms with Crippen LogP contribution in [0.1, 0.15) is 54.2 Å². The van der Waals surface area contributed by atoms with Crippen molar-refractivity contribution in [1.29, 1.82) is 5.26 Å². The van der Waals surface area contributed by atoms with Gasteiger partial charge in [-0.15, -0.1) is 0 Å². The number of nitriles is 1. The number of H-pyrrole nitrogens is 1. The Labute approximate surface area is 169 Å². The molecule has 0 saturated heterocycles. The summed E-state index contributed by atoms with van der Waals surface area (Å²) in [6.45, 7) is 1.67. The van der Waals surface area contributed by atoms with E-state index in [-0.39, 0.29) is 28.8 Å². The van der Waals surface area contributed by atoms with Crippen LogP contribution >= 0.6 is 0 Å². The summed E-state index contributed by atoms with van der Waals surface area (Å²) in [5, 5.41) is 11.5. The van der Waals surface area contributed by atoms with E-state index in [4.69, 9.17) is 5.26 Å². The largest absolute Gasteiger partial charge is 0.346 e. The van der Waals surface area contributed by atoms with E-state index in [1.165, 1.54) is 18.5 Å². The lowest BCUT2D eigenvalue weighted by molar-refractivity contribution is -0.121. The molecule has 0 aliphatic heterocycles. The minimum absolute atomic E-state index is 0.0309. The molecule has 4 rings (SSSR count). The third-order valence-corrected chi connectivity index (χ3v) is 5.10. The van der Waals surface area contributed by atoms with E-state index >= 15 is 0 Å². The monoisotopic (exact) mass is 409 g/mol. The van der Waals surface area contributed by atoms with Gasteiger partial charge < -0.3 is 10.3 Å². The van der Waals surface area contributed by atoms with Crippen LogP contribution in [0.5, 0.6) is 0 Å².